The highest BCUT2D eigenvalue weighted by Gasteiger charge is 2.57. The van der Waals surface area contributed by atoms with Crippen LogP contribution in [0.4, 0.5) is 21.0 Å². The van der Waals surface area contributed by atoms with Crippen molar-refractivity contribution in [1.82, 2.24) is 14.7 Å². The summed E-state index contributed by atoms with van der Waals surface area (Å²) < 4.78 is 0. The van der Waals surface area contributed by atoms with E-state index in [0.29, 0.717) is 37.2 Å². The van der Waals surface area contributed by atoms with Gasteiger partial charge in [0.1, 0.15) is 0 Å². The van der Waals surface area contributed by atoms with Gasteiger partial charge in [-0.2, -0.15) is 0 Å². The molecule has 0 aliphatic carbocycles. The van der Waals surface area contributed by atoms with E-state index in [0.717, 1.165) is 12.0 Å². The van der Waals surface area contributed by atoms with E-state index >= 15 is 0 Å². The Morgan fingerprint density at radius 2 is 1.38 bits per heavy atom. The highest BCUT2D eigenvalue weighted by atomic mass is 16.4. The number of carbonyl (C=O) groups excluding carboxylic acids is 2. The maximum absolute atomic E-state index is 14.3. The Balaban J connectivity index is 1.33. The summed E-state index contributed by atoms with van der Waals surface area (Å²) >= 11 is 0. The van der Waals surface area contributed by atoms with Crippen LogP contribution < -0.4 is 4.90 Å². The molecule has 2 bridgehead atoms. The molecule has 4 aliphatic heterocycles. The van der Waals surface area contributed by atoms with Crippen LogP contribution in [0.25, 0.3) is 0 Å². The van der Waals surface area contributed by atoms with E-state index in [4.69, 9.17) is 0 Å². The molecule has 0 spiro atoms. The first-order chi connectivity index (χ1) is 19.0. The summed E-state index contributed by atoms with van der Waals surface area (Å²) in [7, 11) is 0. The third kappa shape index (κ3) is 4.30. The molecule has 8 nitrogen and oxygen atoms in total. The van der Waals surface area contributed by atoms with Crippen molar-refractivity contribution in [3.8, 4) is 0 Å². The second-order valence-corrected chi connectivity index (χ2v) is 10.6. The standard InChI is InChI=1S/C31H32N4O4/c36-28(37)31-19-10-17-26(33(22-31)29(38)32-20-18-27(32)23-11-4-1-5-12-23)21-34(31)30(39)35(24-13-6-2-7-14-24)25-15-8-3-9-16-25/h1-9,11-16,26-27H,10,17-22H2,(H,36,37)/t26-,27?,31?/m0/s1. The van der Waals surface area contributed by atoms with E-state index in [1.54, 1.807) is 9.80 Å². The fraction of sp³-hybridized carbons (Fsp3) is 0.323. The first-order valence-corrected chi connectivity index (χ1v) is 13.6. The van der Waals surface area contributed by atoms with Crippen molar-refractivity contribution in [2.45, 2.75) is 43.3 Å². The van der Waals surface area contributed by atoms with E-state index in [1.807, 2.05) is 95.9 Å². The number of amides is 4. The number of hydrogen-bond acceptors (Lipinski definition) is 3. The minimum absolute atomic E-state index is 0.00866. The topological polar surface area (TPSA) is 84.4 Å². The second-order valence-electron chi connectivity index (χ2n) is 10.6. The molecule has 4 amide bonds. The number of aliphatic carboxylic acids is 1. The van der Waals surface area contributed by atoms with Gasteiger partial charge in [-0.25, -0.2) is 14.4 Å². The molecule has 2 unspecified atom stereocenters. The molecule has 0 radical (unpaired) electrons. The Labute approximate surface area is 228 Å². The Kier molecular flexibility index (Phi) is 6.46. The number of carboxylic acid groups (broad SMARTS) is 1. The van der Waals surface area contributed by atoms with E-state index in [2.05, 4.69) is 0 Å². The van der Waals surface area contributed by atoms with Crippen molar-refractivity contribution < 1.29 is 19.5 Å². The molecular formula is C31H32N4O4. The quantitative estimate of drug-likeness (QED) is 0.488. The summed E-state index contributed by atoms with van der Waals surface area (Å²) in [5.41, 5.74) is 0.902. The molecule has 1 N–H and O–H groups in total. The Bertz CT molecular complexity index is 1310. The first kappa shape index (κ1) is 25.0. The summed E-state index contributed by atoms with van der Waals surface area (Å²) in [6.45, 7) is 0.796. The van der Waals surface area contributed by atoms with Crippen molar-refractivity contribution in [2.75, 3.05) is 24.5 Å². The molecule has 0 saturated carbocycles. The van der Waals surface area contributed by atoms with Crippen LogP contribution in [0, 0.1) is 0 Å². The van der Waals surface area contributed by atoms with Gasteiger partial charge in [-0.15, -0.1) is 0 Å². The highest BCUT2D eigenvalue weighted by molar-refractivity contribution is 6.02. The summed E-state index contributed by atoms with van der Waals surface area (Å²) in [4.78, 5) is 47.9. The number of likely N-dealkylation sites (tertiary alicyclic amines) is 1. The number of carbonyl (C=O) groups is 3. The van der Waals surface area contributed by atoms with Crippen molar-refractivity contribution in [2.24, 2.45) is 0 Å². The molecule has 3 atom stereocenters. The van der Waals surface area contributed by atoms with Crippen molar-refractivity contribution in [3.63, 3.8) is 0 Å². The molecule has 4 aliphatic rings. The zero-order valence-electron chi connectivity index (χ0n) is 21.7. The summed E-state index contributed by atoms with van der Waals surface area (Å²) in [5, 5.41) is 10.7. The SMILES string of the molecule is O=C(N1CCC1c1ccccc1)N1CC2(C(=O)O)CCC[C@H]1CN2C(=O)N(c1ccccc1)c1ccccc1. The van der Waals surface area contributed by atoms with Crippen molar-refractivity contribution in [3.05, 3.63) is 96.6 Å². The lowest BCUT2D eigenvalue weighted by Crippen LogP contribution is -2.72. The van der Waals surface area contributed by atoms with Gasteiger partial charge in [-0.3, -0.25) is 4.90 Å². The van der Waals surface area contributed by atoms with Gasteiger partial charge in [0.25, 0.3) is 0 Å². The van der Waals surface area contributed by atoms with Crippen LogP contribution in [-0.2, 0) is 4.79 Å². The molecule has 0 aromatic heterocycles. The molecule has 200 valence electrons. The van der Waals surface area contributed by atoms with E-state index in [-0.39, 0.29) is 37.2 Å². The van der Waals surface area contributed by atoms with Gasteiger partial charge in [0.05, 0.1) is 30.0 Å². The van der Waals surface area contributed by atoms with Gasteiger partial charge in [-0.05, 0) is 55.5 Å². The van der Waals surface area contributed by atoms with Gasteiger partial charge < -0.3 is 19.8 Å². The predicted molar refractivity (Wildman–Crippen MR) is 148 cm³/mol. The lowest BCUT2D eigenvalue weighted by atomic mass is 9.90. The predicted octanol–water partition coefficient (Wildman–Crippen LogP) is 5.51. The maximum atomic E-state index is 14.3. The lowest BCUT2D eigenvalue weighted by Gasteiger charge is -2.52. The zero-order valence-corrected chi connectivity index (χ0v) is 21.7. The molecule has 4 fully saturated rings. The van der Waals surface area contributed by atoms with Gasteiger partial charge >= 0.3 is 18.0 Å². The van der Waals surface area contributed by atoms with Gasteiger partial charge in [0, 0.05) is 13.1 Å². The van der Waals surface area contributed by atoms with Crippen LogP contribution in [0.15, 0.2) is 91.0 Å². The molecule has 4 heterocycles. The smallest absolute Gasteiger partial charge is 0.331 e. The van der Waals surface area contributed by atoms with Crippen LogP contribution >= 0.6 is 0 Å². The first-order valence-electron chi connectivity index (χ1n) is 13.6. The fourth-order valence-electron chi connectivity index (χ4n) is 6.29. The third-order valence-electron chi connectivity index (χ3n) is 8.45. The number of urea groups is 2. The number of rotatable bonds is 4. The average molecular weight is 525 g/mol. The minimum atomic E-state index is -1.51. The fourth-order valence-corrected chi connectivity index (χ4v) is 6.29. The van der Waals surface area contributed by atoms with E-state index in [1.165, 1.54) is 4.90 Å². The molecule has 7 rings (SSSR count). The average Bonchev–Trinajstić information content (AvgIpc) is 3.26. The molecule has 4 saturated heterocycles. The highest BCUT2D eigenvalue weighted by Crippen LogP contribution is 2.41. The largest absolute Gasteiger partial charge is 0.479 e. The number of nitrogens with zero attached hydrogens (tertiary/aromatic N) is 4. The molecule has 39 heavy (non-hydrogen) atoms. The molecule has 8 heteroatoms. The van der Waals surface area contributed by atoms with E-state index < -0.39 is 11.5 Å². The number of fused-ring (bicyclic) bond motifs is 4. The normalized spacial score (nSPS) is 24.1. The van der Waals surface area contributed by atoms with Crippen LogP contribution in [0.5, 0.6) is 0 Å². The molecule has 3 aromatic rings. The van der Waals surface area contributed by atoms with Crippen LogP contribution in [0.1, 0.15) is 37.3 Å². The van der Waals surface area contributed by atoms with Crippen LogP contribution in [0.2, 0.25) is 0 Å². The zero-order chi connectivity index (χ0) is 27.0. The number of anilines is 2. The summed E-state index contributed by atoms with van der Waals surface area (Å²) in [6, 6.07) is 27.7. The molecule has 3 aromatic carbocycles. The monoisotopic (exact) mass is 524 g/mol. The lowest BCUT2D eigenvalue weighted by molar-refractivity contribution is -0.153. The van der Waals surface area contributed by atoms with Crippen LogP contribution in [-0.4, -0.2) is 69.1 Å². The third-order valence-corrected chi connectivity index (χ3v) is 8.45. The maximum Gasteiger partial charge on any atom is 0.331 e. The number of benzene rings is 3. The van der Waals surface area contributed by atoms with E-state index in [9.17, 15) is 19.5 Å². The van der Waals surface area contributed by atoms with Gasteiger partial charge in [0.15, 0.2) is 5.54 Å². The van der Waals surface area contributed by atoms with Crippen molar-refractivity contribution in [1.29, 1.82) is 0 Å². The molecular weight excluding hydrogens is 492 g/mol. The minimum Gasteiger partial charge on any atom is -0.479 e. The Morgan fingerprint density at radius 3 is 1.92 bits per heavy atom. The number of piperazine rings is 1. The summed E-state index contributed by atoms with van der Waals surface area (Å²) in [6.07, 6.45) is 2.47. The number of hydrogen-bond donors (Lipinski definition) is 1. The second kappa shape index (κ2) is 10.1. The van der Waals surface area contributed by atoms with Crippen LogP contribution in [0.3, 0.4) is 0 Å². The van der Waals surface area contributed by atoms with Gasteiger partial charge in [-0.1, -0.05) is 66.7 Å². The van der Waals surface area contributed by atoms with Gasteiger partial charge in [0.2, 0.25) is 0 Å². The Morgan fingerprint density at radius 1 is 0.795 bits per heavy atom. The Hall–Kier alpha value is -4.33. The summed E-state index contributed by atoms with van der Waals surface area (Å²) in [5.74, 6) is -1.07. The number of para-hydroxylation sites is 2. The number of carboxylic acids is 1. The van der Waals surface area contributed by atoms with Crippen molar-refractivity contribution >= 4 is 29.4 Å².